The van der Waals surface area contributed by atoms with E-state index in [-0.39, 0.29) is 17.6 Å². The predicted molar refractivity (Wildman–Crippen MR) is 128 cm³/mol. The van der Waals surface area contributed by atoms with Crippen LogP contribution in [0.2, 0.25) is 0 Å². The fraction of sp³-hybridized carbons (Fsp3) is 0.440. The van der Waals surface area contributed by atoms with Gasteiger partial charge in [-0.1, -0.05) is 13.8 Å². The van der Waals surface area contributed by atoms with Gasteiger partial charge in [0.15, 0.2) is 0 Å². The topological polar surface area (TPSA) is 76.4 Å². The van der Waals surface area contributed by atoms with Gasteiger partial charge in [0.1, 0.15) is 5.82 Å². The second-order valence-corrected chi connectivity index (χ2v) is 8.85. The van der Waals surface area contributed by atoms with Crippen LogP contribution in [0.4, 0.5) is 4.39 Å². The molecule has 1 aliphatic rings. The minimum Gasteiger partial charge on any atom is -0.383 e. The number of hydrogen-bond donors (Lipinski definition) is 0. The molecule has 4 rings (SSSR count). The van der Waals surface area contributed by atoms with E-state index in [1.807, 2.05) is 25.7 Å². The van der Waals surface area contributed by atoms with E-state index < -0.39 is 0 Å². The fourth-order valence-corrected chi connectivity index (χ4v) is 4.24. The molecule has 1 aliphatic heterocycles. The number of hydrogen-bond acceptors (Lipinski definition) is 6. The van der Waals surface area contributed by atoms with E-state index in [4.69, 9.17) is 9.72 Å². The number of amides is 1. The Morgan fingerprint density at radius 2 is 1.82 bits per heavy atom. The first-order chi connectivity index (χ1) is 16.4. The van der Waals surface area contributed by atoms with E-state index >= 15 is 0 Å². The van der Waals surface area contributed by atoms with Crippen molar-refractivity contribution in [1.82, 2.24) is 29.5 Å². The normalized spacial score (nSPS) is 14.7. The third-order valence-corrected chi connectivity index (χ3v) is 6.12. The number of carbonyl (C=O) groups is 1. The predicted octanol–water partition coefficient (Wildman–Crippen LogP) is 3.30. The summed E-state index contributed by atoms with van der Waals surface area (Å²) < 4.78 is 20.2. The zero-order valence-corrected chi connectivity index (χ0v) is 20.2. The Hall–Kier alpha value is -3.17. The molecule has 0 spiro atoms. The lowest BCUT2D eigenvalue weighted by atomic mass is 10.0. The maximum absolute atomic E-state index is 13.4. The van der Waals surface area contributed by atoms with Crippen molar-refractivity contribution in [3.63, 3.8) is 0 Å². The van der Waals surface area contributed by atoms with Gasteiger partial charge in [0.25, 0.3) is 11.9 Å². The summed E-state index contributed by atoms with van der Waals surface area (Å²) in [6.07, 6.45) is 3.35. The molecule has 3 heterocycles. The van der Waals surface area contributed by atoms with Crippen LogP contribution >= 0.6 is 0 Å². The zero-order valence-electron chi connectivity index (χ0n) is 20.2. The molecule has 0 atom stereocenters. The van der Waals surface area contributed by atoms with Gasteiger partial charge in [-0.15, -0.1) is 0 Å². The highest BCUT2D eigenvalue weighted by atomic mass is 19.1. The van der Waals surface area contributed by atoms with Crippen molar-refractivity contribution in [2.45, 2.75) is 26.7 Å². The molecule has 0 bridgehead atoms. The molecule has 2 aromatic heterocycles. The Morgan fingerprint density at radius 1 is 1.12 bits per heavy atom. The Morgan fingerprint density at radius 3 is 2.47 bits per heavy atom. The van der Waals surface area contributed by atoms with Gasteiger partial charge in [-0.05, 0) is 42.7 Å². The Balaban J connectivity index is 1.62. The standard InChI is InChI=1S/C25H31FN6O2/c1-17(2)23-21(24(33)31-11-9-30(10-12-31)13-14-34-4)16-28-32(23)25-27-15-18(3)22(29-25)19-5-7-20(26)8-6-19/h5-8,15-17H,9-14H2,1-4H3. The molecule has 1 aromatic carbocycles. The summed E-state index contributed by atoms with van der Waals surface area (Å²) in [6.45, 7) is 10.5. The first kappa shape index (κ1) is 24.0. The van der Waals surface area contributed by atoms with Gasteiger partial charge in [-0.3, -0.25) is 9.69 Å². The van der Waals surface area contributed by atoms with Gasteiger partial charge < -0.3 is 9.64 Å². The summed E-state index contributed by atoms with van der Waals surface area (Å²) >= 11 is 0. The van der Waals surface area contributed by atoms with E-state index in [1.165, 1.54) is 12.1 Å². The molecule has 9 heteroatoms. The summed E-state index contributed by atoms with van der Waals surface area (Å²) in [6, 6.07) is 6.22. The number of rotatable bonds is 7. The van der Waals surface area contributed by atoms with Gasteiger partial charge in [-0.2, -0.15) is 5.10 Å². The lowest BCUT2D eigenvalue weighted by Gasteiger charge is -2.34. The number of halogens is 1. The maximum Gasteiger partial charge on any atom is 0.257 e. The minimum absolute atomic E-state index is 0.0211. The first-order valence-electron chi connectivity index (χ1n) is 11.6. The van der Waals surface area contributed by atoms with Crippen molar-refractivity contribution in [3.8, 4) is 17.2 Å². The van der Waals surface area contributed by atoms with Gasteiger partial charge >= 0.3 is 0 Å². The molecule has 0 aliphatic carbocycles. The number of piperazine rings is 1. The van der Waals surface area contributed by atoms with Gasteiger partial charge in [0.2, 0.25) is 0 Å². The van der Waals surface area contributed by atoms with Gasteiger partial charge in [0, 0.05) is 51.6 Å². The third kappa shape index (κ3) is 5.00. The van der Waals surface area contributed by atoms with Crippen LogP contribution < -0.4 is 0 Å². The van der Waals surface area contributed by atoms with E-state index in [0.29, 0.717) is 36.9 Å². The number of carbonyl (C=O) groups excluding carboxylic acids is 1. The van der Waals surface area contributed by atoms with E-state index in [1.54, 1.807) is 36.3 Å². The van der Waals surface area contributed by atoms with Crippen molar-refractivity contribution < 1.29 is 13.9 Å². The molecule has 0 radical (unpaired) electrons. The Labute approximate surface area is 199 Å². The van der Waals surface area contributed by atoms with Crippen LogP contribution in [-0.4, -0.2) is 81.9 Å². The number of nitrogens with zero attached hydrogens (tertiary/aromatic N) is 6. The highest BCUT2D eigenvalue weighted by Crippen LogP contribution is 2.26. The highest BCUT2D eigenvalue weighted by Gasteiger charge is 2.28. The second kappa shape index (κ2) is 10.4. The van der Waals surface area contributed by atoms with E-state index in [9.17, 15) is 9.18 Å². The molecule has 34 heavy (non-hydrogen) atoms. The van der Waals surface area contributed by atoms with Crippen LogP contribution in [0.15, 0.2) is 36.7 Å². The lowest BCUT2D eigenvalue weighted by molar-refractivity contribution is 0.0593. The largest absolute Gasteiger partial charge is 0.383 e. The summed E-state index contributed by atoms with van der Waals surface area (Å²) in [4.78, 5) is 26.8. The lowest BCUT2D eigenvalue weighted by Crippen LogP contribution is -2.49. The monoisotopic (exact) mass is 466 g/mol. The molecule has 0 N–H and O–H groups in total. The molecule has 180 valence electrons. The number of aromatic nitrogens is 4. The summed E-state index contributed by atoms with van der Waals surface area (Å²) in [7, 11) is 1.70. The van der Waals surface area contributed by atoms with Crippen LogP contribution in [0.25, 0.3) is 17.2 Å². The number of methoxy groups -OCH3 is 1. The quantitative estimate of drug-likeness (QED) is 0.532. The van der Waals surface area contributed by atoms with Crippen molar-refractivity contribution in [2.75, 3.05) is 46.4 Å². The molecule has 8 nitrogen and oxygen atoms in total. The van der Waals surface area contributed by atoms with E-state index in [0.717, 1.165) is 36.5 Å². The molecule has 1 fully saturated rings. The average Bonchev–Trinajstić information content (AvgIpc) is 3.29. The van der Waals surface area contributed by atoms with Gasteiger partial charge in [-0.25, -0.2) is 19.0 Å². The number of benzene rings is 1. The summed E-state index contributed by atoms with van der Waals surface area (Å²) in [5.74, 6) is 0.0976. The molecule has 1 amide bonds. The zero-order chi connectivity index (χ0) is 24.2. The Bertz CT molecular complexity index is 1140. The Kier molecular flexibility index (Phi) is 7.33. The van der Waals surface area contributed by atoms with Crippen molar-refractivity contribution in [1.29, 1.82) is 0 Å². The highest BCUT2D eigenvalue weighted by molar-refractivity contribution is 5.95. The van der Waals surface area contributed by atoms with Crippen LogP contribution in [0.5, 0.6) is 0 Å². The molecule has 1 saturated heterocycles. The van der Waals surface area contributed by atoms with Gasteiger partial charge in [0.05, 0.1) is 29.8 Å². The van der Waals surface area contributed by atoms with Crippen LogP contribution in [0.3, 0.4) is 0 Å². The van der Waals surface area contributed by atoms with E-state index in [2.05, 4.69) is 15.0 Å². The van der Waals surface area contributed by atoms with Crippen molar-refractivity contribution in [3.05, 3.63) is 59.3 Å². The molecule has 3 aromatic rings. The van der Waals surface area contributed by atoms with Crippen LogP contribution in [0.1, 0.15) is 41.4 Å². The van der Waals surface area contributed by atoms with Crippen molar-refractivity contribution >= 4 is 5.91 Å². The maximum atomic E-state index is 13.4. The molecule has 0 saturated carbocycles. The fourth-order valence-electron chi connectivity index (χ4n) is 4.24. The summed E-state index contributed by atoms with van der Waals surface area (Å²) in [5, 5.41) is 4.51. The molecular weight excluding hydrogens is 435 g/mol. The second-order valence-electron chi connectivity index (χ2n) is 8.85. The van der Waals surface area contributed by atoms with Crippen molar-refractivity contribution in [2.24, 2.45) is 0 Å². The SMILES string of the molecule is COCCN1CCN(C(=O)c2cnn(-c3ncc(C)c(-c4ccc(F)cc4)n3)c2C(C)C)CC1. The third-order valence-electron chi connectivity index (χ3n) is 6.12. The number of aryl methyl sites for hydroxylation is 1. The van der Waals surface area contributed by atoms with Crippen LogP contribution in [0, 0.1) is 12.7 Å². The first-order valence-corrected chi connectivity index (χ1v) is 11.6. The molecular formula is C25H31FN6O2. The smallest absolute Gasteiger partial charge is 0.257 e. The average molecular weight is 467 g/mol. The summed E-state index contributed by atoms with van der Waals surface area (Å²) in [5.41, 5.74) is 3.73. The number of ether oxygens (including phenoxy) is 1. The molecule has 0 unspecified atom stereocenters. The minimum atomic E-state index is -0.299. The van der Waals surface area contributed by atoms with Crippen LogP contribution in [-0.2, 0) is 4.74 Å².